The highest BCUT2D eigenvalue weighted by molar-refractivity contribution is 5.66. The van der Waals surface area contributed by atoms with E-state index in [4.69, 9.17) is 5.11 Å². The maximum Gasteiger partial charge on any atom is 0.303 e. The van der Waals surface area contributed by atoms with Gasteiger partial charge in [0.05, 0.1) is 0 Å². The third-order valence-electron chi connectivity index (χ3n) is 1.88. The average Bonchev–Trinajstić information content (AvgIpc) is 2.55. The Morgan fingerprint density at radius 2 is 2.46 bits per heavy atom. The lowest BCUT2D eigenvalue weighted by Crippen LogP contribution is -2.14. The fraction of sp³-hybridized carbons (Fsp3) is 0.714. The Labute approximate surface area is 75.6 Å². The molecule has 1 heterocycles. The molecule has 0 saturated carbocycles. The molecule has 1 N–H and O–H groups in total. The first-order valence-electron chi connectivity index (χ1n) is 4.15. The van der Waals surface area contributed by atoms with Crippen molar-refractivity contribution in [3.05, 3.63) is 6.33 Å². The smallest absolute Gasteiger partial charge is 0.303 e. The third kappa shape index (κ3) is 3.18. The van der Waals surface area contributed by atoms with Gasteiger partial charge in [0, 0.05) is 13.0 Å². The lowest BCUT2D eigenvalue weighted by Gasteiger charge is -2.10. The number of rotatable bonds is 5. The number of carboxylic acid groups (broad SMARTS) is 1. The zero-order chi connectivity index (χ0) is 9.68. The van der Waals surface area contributed by atoms with Gasteiger partial charge in [0.2, 0.25) is 0 Å². The first kappa shape index (κ1) is 9.63. The number of tetrazole rings is 1. The van der Waals surface area contributed by atoms with Crippen LogP contribution >= 0.6 is 0 Å². The van der Waals surface area contributed by atoms with Crippen LogP contribution in [0.4, 0.5) is 0 Å². The maximum absolute atomic E-state index is 10.4. The summed E-state index contributed by atoms with van der Waals surface area (Å²) in [7, 11) is 0. The van der Waals surface area contributed by atoms with E-state index in [-0.39, 0.29) is 12.3 Å². The molecule has 1 atom stereocenters. The predicted octanol–water partition coefficient (Wildman–Crippen LogP) is 0.174. The van der Waals surface area contributed by atoms with Gasteiger partial charge < -0.3 is 5.11 Å². The lowest BCUT2D eigenvalue weighted by atomic mass is 10.0. The van der Waals surface area contributed by atoms with Crippen LogP contribution in [-0.2, 0) is 11.3 Å². The van der Waals surface area contributed by atoms with Crippen molar-refractivity contribution in [2.45, 2.75) is 26.3 Å². The number of hydrogen-bond acceptors (Lipinski definition) is 4. The molecule has 0 spiro atoms. The van der Waals surface area contributed by atoms with Crippen molar-refractivity contribution in [1.82, 2.24) is 20.2 Å². The van der Waals surface area contributed by atoms with Crippen molar-refractivity contribution in [3.8, 4) is 0 Å². The fourth-order valence-corrected chi connectivity index (χ4v) is 1.11. The van der Waals surface area contributed by atoms with E-state index in [0.29, 0.717) is 6.54 Å². The van der Waals surface area contributed by atoms with Crippen LogP contribution in [-0.4, -0.2) is 31.3 Å². The van der Waals surface area contributed by atoms with E-state index in [9.17, 15) is 4.79 Å². The second-order valence-electron chi connectivity index (χ2n) is 2.90. The Kier molecular flexibility index (Phi) is 3.36. The second kappa shape index (κ2) is 4.54. The minimum absolute atomic E-state index is 0.0981. The van der Waals surface area contributed by atoms with Crippen LogP contribution in [0.3, 0.4) is 0 Å². The summed E-state index contributed by atoms with van der Waals surface area (Å²) >= 11 is 0. The lowest BCUT2D eigenvalue weighted by molar-refractivity contribution is -0.138. The molecule has 0 bridgehead atoms. The molecular formula is C7H12N4O2. The number of hydrogen-bond donors (Lipinski definition) is 1. The predicted molar refractivity (Wildman–Crippen MR) is 43.9 cm³/mol. The molecule has 6 nitrogen and oxygen atoms in total. The van der Waals surface area contributed by atoms with Crippen LogP contribution in [0.2, 0.25) is 0 Å². The van der Waals surface area contributed by atoms with Gasteiger partial charge >= 0.3 is 5.97 Å². The van der Waals surface area contributed by atoms with E-state index in [2.05, 4.69) is 15.5 Å². The van der Waals surface area contributed by atoms with Crippen LogP contribution < -0.4 is 0 Å². The monoisotopic (exact) mass is 184 g/mol. The van der Waals surface area contributed by atoms with Crippen LogP contribution in [0.1, 0.15) is 19.8 Å². The number of aromatic nitrogens is 4. The van der Waals surface area contributed by atoms with Crippen LogP contribution in [0.5, 0.6) is 0 Å². The number of carboxylic acids is 1. The molecule has 0 aromatic carbocycles. The topological polar surface area (TPSA) is 80.9 Å². The Hall–Kier alpha value is -1.46. The van der Waals surface area contributed by atoms with Gasteiger partial charge in [-0.1, -0.05) is 13.3 Å². The SMILES string of the molecule is CCC(CC(=O)O)Cn1cnnn1. The van der Waals surface area contributed by atoms with Crippen molar-refractivity contribution in [3.63, 3.8) is 0 Å². The average molecular weight is 184 g/mol. The van der Waals surface area contributed by atoms with Crippen molar-refractivity contribution in [2.75, 3.05) is 0 Å². The Morgan fingerprint density at radius 1 is 1.69 bits per heavy atom. The van der Waals surface area contributed by atoms with Gasteiger partial charge in [-0.15, -0.1) is 5.10 Å². The van der Waals surface area contributed by atoms with E-state index < -0.39 is 5.97 Å². The molecule has 0 saturated heterocycles. The summed E-state index contributed by atoms with van der Waals surface area (Å²) in [6.45, 7) is 2.52. The Morgan fingerprint density at radius 3 is 2.92 bits per heavy atom. The molecule has 0 amide bonds. The summed E-state index contributed by atoms with van der Waals surface area (Å²) < 4.78 is 1.55. The van der Waals surface area contributed by atoms with Crippen molar-refractivity contribution < 1.29 is 9.90 Å². The van der Waals surface area contributed by atoms with Gasteiger partial charge in [-0.2, -0.15) is 0 Å². The summed E-state index contributed by atoms with van der Waals surface area (Å²) in [6.07, 6.45) is 2.47. The molecule has 0 aliphatic carbocycles. The van der Waals surface area contributed by atoms with Crippen molar-refractivity contribution >= 4 is 5.97 Å². The summed E-state index contributed by atoms with van der Waals surface area (Å²) in [5.41, 5.74) is 0. The summed E-state index contributed by atoms with van der Waals surface area (Å²) in [5, 5.41) is 19.2. The molecule has 0 aliphatic rings. The molecule has 13 heavy (non-hydrogen) atoms. The quantitative estimate of drug-likeness (QED) is 0.705. The van der Waals surface area contributed by atoms with E-state index in [1.165, 1.54) is 6.33 Å². The molecule has 0 fully saturated rings. The molecule has 1 rings (SSSR count). The molecular weight excluding hydrogens is 172 g/mol. The molecule has 72 valence electrons. The summed E-state index contributed by atoms with van der Waals surface area (Å²) in [5.74, 6) is -0.680. The number of aliphatic carboxylic acids is 1. The molecule has 6 heteroatoms. The first-order valence-corrected chi connectivity index (χ1v) is 4.15. The van der Waals surface area contributed by atoms with Crippen molar-refractivity contribution in [2.24, 2.45) is 5.92 Å². The van der Waals surface area contributed by atoms with Crippen molar-refractivity contribution in [1.29, 1.82) is 0 Å². The van der Waals surface area contributed by atoms with E-state index in [1.54, 1.807) is 4.68 Å². The van der Waals surface area contributed by atoms with E-state index >= 15 is 0 Å². The first-order chi connectivity index (χ1) is 6.22. The van der Waals surface area contributed by atoms with Gasteiger partial charge in [-0.3, -0.25) is 4.79 Å². The van der Waals surface area contributed by atoms with Gasteiger partial charge in [0.15, 0.2) is 0 Å². The van der Waals surface area contributed by atoms with Gasteiger partial charge in [0.1, 0.15) is 6.33 Å². The third-order valence-corrected chi connectivity index (χ3v) is 1.88. The molecule has 0 radical (unpaired) electrons. The number of nitrogens with zero attached hydrogens (tertiary/aromatic N) is 4. The second-order valence-corrected chi connectivity index (χ2v) is 2.90. The normalized spacial score (nSPS) is 12.7. The van der Waals surface area contributed by atoms with Crippen LogP contribution in [0.25, 0.3) is 0 Å². The van der Waals surface area contributed by atoms with Gasteiger partial charge in [0.25, 0.3) is 0 Å². The minimum atomic E-state index is -0.778. The number of carbonyl (C=O) groups is 1. The van der Waals surface area contributed by atoms with E-state index in [1.807, 2.05) is 6.92 Å². The highest BCUT2D eigenvalue weighted by atomic mass is 16.4. The van der Waals surface area contributed by atoms with Gasteiger partial charge in [-0.25, -0.2) is 4.68 Å². The summed E-state index contributed by atoms with van der Waals surface area (Å²) in [4.78, 5) is 10.4. The maximum atomic E-state index is 10.4. The van der Waals surface area contributed by atoms with Gasteiger partial charge in [-0.05, 0) is 16.3 Å². The summed E-state index contributed by atoms with van der Waals surface area (Å²) in [6, 6.07) is 0. The minimum Gasteiger partial charge on any atom is -0.481 e. The van der Waals surface area contributed by atoms with Crippen LogP contribution in [0.15, 0.2) is 6.33 Å². The highest BCUT2D eigenvalue weighted by Crippen LogP contribution is 2.09. The highest BCUT2D eigenvalue weighted by Gasteiger charge is 2.12. The standard InChI is InChI=1S/C7H12N4O2/c1-2-6(3-7(12)13)4-11-5-8-9-10-11/h5-6H,2-4H2,1H3,(H,12,13). The largest absolute Gasteiger partial charge is 0.481 e. The zero-order valence-corrected chi connectivity index (χ0v) is 7.42. The molecule has 1 aromatic heterocycles. The molecule has 0 aliphatic heterocycles. The zero-order valence-electron chi connectivity index (χ0n) is 7.42. The van der Waals surface area contributed by atoms with E-state index in [0.717, 1.165) is 6.42 Å². The molecule has 1 unspecified atom stereocenters. The fourth-order valence-electron chi connectivity index (χ4n) is 1.11. The Balaban J connectivity index is 2.45. The Bertz CT molecular complexity index is 259. The van der Waals surface area contributed by atoms with Crippen LogP contribution in [0, 0.1) is 5.92 Å². The molecule has 1 aromatic rings.